The maximum atomic E-state index is 10.1. The molecule has 0 aliphatic rings. The van der Waals surface area contributed by atoms with E-state index in [4.69, 9.17) is 23.2 Å². The maximum Gasteiger partial charge on any atom is 0.132 e. The molecule has 1 heterocycles. The highest BCUT2D eigenvalue weighted by Crippen LogP contribution is 2.31. The third-order valence-corrected chi connectivity index (χ3v) is 3.71. The molecule has 0 fully saturated rings. The summed E-state index contributed by atoms with van der Waals surface area (Å²) in [4.78, 5) is 4.23. The standard InChI is InChI=1S/C11H9Cl2NOS/c1-6-5-16-11(14-6)10(15)8-3-2-7(12)4-9(8)13/h2-5,10,15H,1H3. The molecular weight excluding hydrogens is 265 g/mol. The van der Waals surface area contributed by atoms with Crippen LogP contribution in [0, 0.1) is 6.92 Å². The van der Waals surface area contributed by atoms with Crippen LogP contribution in [-0.2, 0) is 0 Å². The van der Waals surface area contributed by atoms with Crippen LogP contribution in [0.5, 0.6) is 0 Å². The third kappa shape index (κ3) is 2.38. The second-order valence-corrected chi connectivity index (χ2v) is 5.13. The lowest BCUT2D eigenvalue weighted by atomic mass is 10.1. The number of aliphatic hydroxyl groups excluding tert-OH is 1. The molecule has 0 radical (unpaired) electrons. The van der Waals surface area contributed by atoms with Crippen molar-refractivity contribution in [3.8, 4) is 0 Å². The van der Waals surface area contributed by atoms with E-state index in [0.29, 0.717) is 20.6 Å². The Labute approximate surface area is 107 Å². The molecule has 0 saturated heterocycles. The Hall–Kier alpha value is -0.610. The highest BCUT2D eigenvalue weighted by molar-refractivity contribution is 7.09. The fraction of sp³-hybridized carbons (Fsp3) is 0.182. The molecule has 16 heavy (non-hydrogen) atoms. The number of hydrogen-bond donors (Lipinski definition) is 1. The summed E-state index contributed by atoms with van der Waals surface area (Å²) in [5, 5.41) is 13.6. The molecule has 5 heteroatoms. The van der Waals surface area contributed by atoms with Gasteiger partial charge in [-0.05, 0) is 19.1 Å². The number of aliphatic hydroxyl groups is 1. The minimum absolute atomic E-state index is 0.452. The van der Waals surface area contributed by atoms with Gasteiger partial charge in [-0.1, -0.05) is 29.3 Å². The van der Waals surface area contributed by atoms with E-state index in [9.17, 15) is 5.11 Å². The number of hydrogen-bond acceptors (Lipinski definition) is 3. The fourth-order valence-electron chi connectivity index (χ4n) is 1.35. The number of rotatable bonds is 2. The molecule has 1 atom stereocenters. The summed E-state index contributed by atoms with van der Waals surface area (Å²) in [6.45, 7) is 1.89. The summed E-state index contributed by atoms with van der Waals surface area (Å²) in [6, 6.07) is 5.03. The van der Waals surface area contributed by atoms with Crippen LogP contribution in [0.3, 0.4) is 0 Å². The molecule has 1 aromatic carbocycles. The summed E-state index contributed by atoms with van der Waals surface area (Å²) in [6.07, 6.45) is -0.788. The van der Waals surface area contributed by atoms with E-state index in [0.717, 1.165) is 5.69 Å². The quantitative estimate of drug-likeness (QED) is 0.902. The lowest BCUT2D eigenvalue weighted by Crippen LogP contribution is -2.00. The van der Waals surface area contributed by atoms with Crippen molar-refractivity contribution in [3.05, 3.63) is 49.9 Å². The zero-order chi connectivity index (χ0) is 11.7. The summed E-state index contributed by atoms with van der Waals surface area (Å²) in [7, 11) is 0. The Balaban J connectivity index is 2.37. The van der Waals surface area contributed by atoms with Crippen LogP contribution in [-0.4, -0.2) is 10.1 Å². The van der Waals surface area contributed by atoms with E-state index in [1.54, 1.807) is 18.2 Å². The van der Waals surface area contributed by atoms with Crippen molar-refractivity contribution in [1.29, 1.82) is 0 Å². The van der Waals surface area contributed by atoms with E-state index >= 15 is 0 Å². The topological polar surface area (TPSA) is 33.1 Å². The largest absolute Gasteiger partial charge is 0.381 e. The molecule has 0 spiro atoms. The number of aromatic nitrogens is 1. The number of aryl methyl sites for hydroxylation is 1. The molecule has 0 bridgehead atoms. The van der Waals surface area contributed by atoms with Crippen LogP contribution < -0.4 is 0 Å². The lowest BCUT2D eigenvalue weighted by molar-refractivity contribution is 0.219. The van der Waals surface area contributed by atoms with Crippen LogP contribution in [0.25, 0.3) is 0 Å². The smallest absolute Gasteiger partial charge is 0.132 e. The molecule has 1 unspecified atom stereocenters. The average molecular weight is 274 g/mol. The van der Waals surface area contributed by atoms with Crippen molar-refractivity contribution in [1.82, 2.24) is 4.98 Å². The molecule has 0 saturated carbocycles. The second kappa shape index (κ2) is 4.72. The van der Waals surface area contributed by atoms with Crippen LogP contribution in [0.4, 0.5) is 0 Å². The van der Waals surface area contributed by atoms with Gasteiger partial charge in [0.05, 0.1) is 0 Å². The van der Waals surface area contributed by atoms with Crippen molar-refractivity contribution in [2.45, 2.75) is 13.0 Å². The van der Waals surface area contributed by atoms with Gasteiger partial charge in [0.1, 0.15) is 11.1 Å². The molecule has 0 aliphatic carbocycles. The fourth-order valence-corrected chi connectivity index (χ4v) is 2.66. The average Bonchev–Trinajstić information content (AvgIpc) is 2.64. The predicted molar refractivity (Wildman–Crippen MR) is 67.4 cm³/mol. The van der Waals surface area contributed by atoms with E-state index in [2.05, 4.69) is 4.98 Å². The van der Waals surface area contributed by atoms with Crippen molar-refractivity contribution in [2.75, 3.05) is 0 Å². The highest BCUT2D eigenvalue weighted by Gasteiger charge is 2.17. The second-order valence-electron chi connectivity index (χ2n) is 3.40. The number of halogens is 2. The first-order valence-corrected chi connectivity index (χ1v) is 6.26. The molecule has 0 aliphatic heterocycles. The van der Waals surface area contributed by atoms with E-state index in [1.165, 1.54) is 11.3 Å². The molecule has 2 nitrogen and oxygen atoms in total. The lowest BCUT2D eigenvalue weighted by Gasteiger charge is -2.09. The van der Waals surface area contributed by atoms with Crippen molar-refractivity contribution in [3.63, 3.8) is 0 Å². The SMILES string of the molecule is Cc1csc(C(O)c2ccc(Cl)cc2Cl)n1. The Kier molecular flexibility index (Phi) is 3.50. The van der Waals surface area contributed by atoms with Gasteiger partial charge in [-0.25, -0.2) is 4.98 Å². The van der Waals surface area contributed by atoms with E-state index in [-0.39, 0.29) is 0 Å². The summed E-state index contributed by atoms with van der Waals surface area (Å²) >= 11 is 13.2. The first-order chi connectivity index (χ1) is 7.58. The van der Waals surface area contributed by atoms with Gasteiger partial charge in [0.2, 0.25) is 0 Å². The Morgan fingerprint density at radius 3 is 2.69 bits per heavy atom. The van der Waals surface area contributed by atoms with Gasteiger partial charge in [0, 0.05) is 26.7 Å². The minimum Gasteiger partial charge on any atom is -0.381 e. The van der Waals surface area contributed by atoms with Gasteiger partial charge >= 0.3 is 0 Å². The summed E-state index contributed by atoms with van der Waals surface area (Å²) < 4.78 is 0. The van der Waals surface area contributed by atoms with Gasteiger partial charge in [-0.15, -0.1) is 11.3 Å². The molecule has 1 aromatic heterocycles. The summed E-state index contributed by atoms with van der Waals surface area (Å²) in [5.41, 5.74) is 1.52. The highest BCUT2D eigenvalue weighted by atomic mass is 35.5. The monoisotopic (exact) mass is 273 g/mol. The Morgan fingerprint density at radius 2 is 2.12 bits per heavy atom. The van der Waals surface area contributed by atoms with Gasteiger partial charge in [0.15, 0.2) is 0 Å². The first-order valence-electron chi connectivity index (χ1n) is 4.63. The summed E-state index contributed by atoms with van der Waals surface area (Å²) in [5.74, 6) is 0. The van der Waals surface area contributed by atoms with Crippen molar-refractivity contribution in [2.24, 2.45) is 0 Å². The minimum atomic E-state index is -0.788. The maximum absolute atomic E-state index is 10.1. The number of nitrogens with zero attached hydrogens (tertiary/aromatic N) is 1. The zero-order valence-electron chi connectivity index (χ0n) is 8.45. The number of thiazole rings is 1. The zero-order valence-corrected chi connectivity index (χ0v) is 10.8. The van der Waals surface area contributed by atoms with Crippen LogP contribution >= 0.6 is 34.5 Å². The molecular formula is C11H9Cl2NOS. The molecule has 1 N–H and O–H groups in total. The van der Waals surface area contributed by atoms with Crippen LogP contribution in [0.2, 0.25) is 10.0 Å². The van der Waals surface area contributed by atoms with Gasteiger partial charge in [-0.3, -0.25) is 0 Å². The molecule has 2 rings (SSSR count). The number of benzene rings is 1. The van der Waals surface area contributed by atoms with E-state index in [1.807, 2.05) is 12.3 Å². The predicted octanol–water partition coefficient (Wildman–Crippen LogP) is 3.84. The molecule has 84 valence electrons. The van der Waals surface area contributed by atoms with Crippen LogP contribution in [0.15, 0.2) is 23.6 Å². The van der Waals surface area contributed by atoms with Gasteiger partial charge in [0.25, 0.3) is 0 Å². The van der Waals surface area contributed by atoms with Gasteiger partial charge in [-0.2, -0.15) is 0 Å². The Morgan fingerprint density at radius 1 is 1.38 bits per heavy atom. The third-order valence-electron chi connectivity index (χ3n) is 2.13. The molecule has 2 aromatic rings. The van der Waals surface area contributed by atoms with Crippen molar-refractivity contribution < 1.29 is 5.11 Å². The van der Waals surface area contributed by atoms with Crippen molar-refractivity contribution >= 4 is 34.5 Å². The normalized spacial score (nSPS) is 12.8. The first kappa shape index (κ1) is 11.9. The van der Waals surface area contributed by atoms with E-state index < -0.39 is 6.10 Å². The molecule has 0 amide bonds. The Bertz CT molecular complexity index is 512. The van der Waals surface area contributed by atoms with Crippen LogP contribution in [0.1, 0.15) is 22.4 Å². The van der Waals surface area contributed by atoms with Gasteiger partial charge < -0.3 is 5.11 Å².